The molecule has 0 aliphatic rings. The Morgan fingerprint density at radius 3 is 2.11 bits per heavy atom. The van der Waals surface area contributed by atoms with Crippen LogP contribution in [0.15, 0.2) is 34.8 Å². The van der Waals surface area contributed by atoms with E-state index in [1.165, 1.54) is 6.07 Å². The number of hydrogen-bond acceptors (Lipinski definition) is 2. The molecule has 2 nitrogen and oxygen atoms in total. The van der Waals surface area contributed by atoms with Crippen molar-refractivity contribution in [3.05, 3.63) is 63.4 Å². The molecule has 0 radical (unpaired) electrons. The van der Waals surface area contributed by atoms with Crippen molar-refractivity contribution >= 4 is 27.4 Å². The van der Waals surface area contributed by atoms with Gasteiger partial charge in [0.25, 0.3) is 0 Å². The Labute approximate surface area is 115 Å². The summed E-state index contributed by atoms with van der Waals surface area (Å²) in [5.74, 6) is -3.80. The van der Waals surface area contributed by atoms with Gasteiger partial charge in [0.2, 0.25) is 0 Å². The standard InChI is InChI=1S/C13H7BrF3NO/c14-7-4-9(16)12(10(17)5-7)13(19)6-1-2-11(18)8(15)3-6/h1-5H,18H2. The second-order valence-corrected chi connectivity index (χ2v) is 4.73. The minimum Gasteiger partial charge on any atom is -0.396 e. The molecule has 0 aliphatic carbocycles. The van der Waals surface area contributed by atoms with Gasteiger partial charge in [0, 0.05) is 10.0 Å². The Kier molecular flexibility index (Phi) is 3.61. The molecule has 0 fully saturated rings. The Hall–Kier alpha value is -1.82. The fourth-order valence-electron chi connectivity index (χ4n) is 1.57. The van der Waals surface area contributed by atoms with Gasteiger partial charge in [-0.25, -0.2) is 13.2 Å². The molecule has 19 heavy (non-hydrogen) atoms. The fourth-order valence-corrected chi connectivity index (χ4v) is 1.97. The molecule has 0 spiro atoms. The van der Waals surface area contributed by atoms with Gasteiger partial charge in [0.15, 0.2) is 5.78 Å². The van der Waals surface area contributed by atoms with Crippen LogP contribution in [-0.4, -0.2) is 5.78 Å². The molecule has 0 saturated heterocycles. The summed E-state index contributed by atoms with van der Waals surface area (Å²) in [4.78, 5) is 12.0. The second-order valence-electron chi connectivity index (χ2n) is 3.81. The third kappa shape index (κ3) is 2.63. The van der Waals surface area contributed by atoms with Crippen molar-refractivity contribution in [1.29, 1.82) is 0 Å². The molecule has 98 valence electrons. The highest BCUT2D eigenvalue weighted by atomic mass is 79.9. The molecule has 0 unspecified atom stereocenters. The highest BCUT2D eigenvalue weighted by molar-refractivity contribution is 9.10. The molecular formula is C13H7BrF3NO. The molecule has 0 heterocycles. The second kappa shape index (κ2) is 5.05. The number of anilines is 1. The number of nitrogens with two attached hydrogens (primary N) is 1. The number of nitrogen functional groups attached to an aromatic ring is 1. The van der Waals surface area contributed by atoms with Crippen LogP contribution in [0.5, 0.6) is 0 Å². The summed E-state index contributed by atoms with van der Waals surface area (Å²) < 4.78 is 40.7. The van der Waals surface area contributed by atoms with Crippen molar-refractivity contribution < 1.29 is 18.0 Å². The van der Waals surface area contributed by atoms with Crippen molar-refractivity contribution in [3.8, 4) is 0 Å². The first kappa shape index (κ1) is 13.6. The summed E-state index contributed by atoms with van der Waals surface area (Å²) >= 11 is 2.91. The fraction of sp³-hybridized carbons (Fsp3) is 0. The van der Waals surface area contributed by atoms with Gasteiger partial charge < -0.3 is 5.73 Å². The van der Waals surface area contributed by atoms with E-state index in [1.54, 1.807) is 0 Å². The lowest BCUT2D eigenvalue weighted by Gasteiger charge is -2.06. The molecule has 2 rings (SSSR count). The van der Waals surface area contributed by atoms with Crippen LogP contribution in [0.4, 0.5) is 18.9 Å². The highest BCUT2D eigenvalue weighted by Gasteiger charge is 2.20. The Morgan fingerprint density at radius 2 is 1.58 bits per heavy atom. The number of hydrogen-bond donors (Lipinski definition) is 1. The maximum Gasteiger partial charge on any atom is 0.199 e. The summed E-state index contributed by atoms with van der Waals surface area (Å²) in [5, 5.41) is 0. The lowest BCUT2D eigenvalue weighted by molar-refractivity contribution is 0.103. The summed E-state index contributed by atoms with van der Waals surface area (Å²) in [6.07, 6.45) is 0. The quantitative estimate of drug-likeness (QED) is 0.674. The number of carbonyl (C=O) groups is 1. The Balaban J connectivity index is 2.53. The molecule has 6 heteroatoms. The van der Waals surface area contributed by atoms with E-state index in [0.29, 0.717) is 0 Å². The van der Waals surface area contributed by atoms with E-state index < -0.39 is 28.8 Å². The van der Waals surface area contributed by atoms with E-state index in [9.17, 15) is 18.0 Å². The summed E-state index contributed by atoms with van der Waals surface area (Å²) in [6, 6.07) is 5.14. The minimum absolute atomic E-state index is 0.145. The number of rotatable bonds is 2. The van der Waals surface area contributed by atoms with Gasteiger partial charge in [-0.15, -0.1) is 0 Å². The lowest BCUT2D eigenvalue weighted by atomic mass is 10.0. The molecule has 2 aromatic carbocycles. The molecular weight excluding hydrogens is 323 g/mol. The zero-order chi connectivity index (χ0) is 14.2. The molecule has 0 aliphatic heterocycles. The predicted molar refractivity (Wildman–Crippen MR) is 68.3 cm³/mol. The smallest absolute Gasteiger partial charge is 0.199 e. The maximum atomic E-state index is 13.6. The van der Waals surface area contributed by atoms with Crippen molar-refractivity contribution in [1.82, 2.24) is 0 Å². The highest BCUT2D eigenvalue weighted by Crippen LogP contribution is 2.23. The molecule has 2 aromatic rings. The third-order valence-corrected chi connectivity index (χ3v) is 2.95. The summed E-state index contributed by atoms with van der Waals surface area (Å²) in [7, 11) is 0. The average molecular weight is 330 g/mol. The van der Waals surface area contributed by atoms with E-state index in [-0.39, 0.29) is 15.7 Å². The van der Waals surface area contributed by atoms with Gasteiger partial charge in [-0.1, -0.05) is 15.9 Å². The van der Waals surface area contributed by atoms with E-state index in [4.69, 9.17) is 5.73 Å². The number of ketones is 1. The third-order valence-electron chi connectivity index (χ3n) is 2.50. The van der Waals surface area contributed by atoms with Gasteiger partial charge in [0.1, 0.15) is 17.5 Å². The first-order chi connectivity index (χ1) is 8.90. The number of halogens is 4. The Morgan fingerprint density at radius 1 is 1.00 bits per heavy atom. The van der Waals surface area contributed by atoms with Gasteiger partial charge in [-0.3, -0.25) is 4.79 Å². The van der Waals surface area contributed by atoms with Crippen molar-refractivity contribution in [2.24, 2.45) is 0 Å². The predicted octanol–water partition coefficient (Wildman–Crippen LogP) is 3.68. The van der Waals surface area contributed by atoms with Crippen LogP contribution in [0.25, 0.3) is 0 Å². The molecule has 0 amide bonds. The van der Waals surface area contributed by atoms with Crippen LogP contribution >= 0.6 is 15.9 Å². The van der Waals surface area contributed by atoms with Gasteiger partial charge >= 0.3 is 0 Å². The van der Waals surface area contributed by atoms with Gasteiger partial charge in [0.05, 0.1) is 11.3 Å². The van der Waals surface area contributed by atoms with E-state index in [2.05, 4.69) is 15.9 Å². The molecule has 2 N–H and O–H groups in total. The van der Waals surface area contributed by atoms with E-state index in [0.717, 1.165) is 24.3 Å². The topological polar surface area (TPSA) is 43.1 Å². The van der Waals surface area contributed by atoms with Crippen LogP contribution in [0, 0.1) is 17.5 Å². The van der Waals surface area contributed by atoms with Crippen molar-refractivity contribution in [2.75, 3.05) is 5.73 Å². The monoisotopic (exact) mass is 329 g/mol. The van der Waals surface area contributed by atoms with Crippen LogP contribution in [-0.2, 0) is 0 Å². The first-order valence-corrected chi connectivity index (χ1v) is 5.93. The van der Waals surface area contributed by atoms with Crippen LogP contribution in [0.2, 0.25) is 0 Å². The summed E-state index contributed by atoms with van der Waals surface area (Å²) in [5.41, 5.74) is 4.22. The van der Waals surface area contributed by atoms with Crippen LogP contribution in [0.1, 0.15) is 15.9 Å². The lowest BCUT2D eigenvalue weighted by Crippen LogP contribution is -2.08. The zero-order valence-electron chi connectivity index (χ0n) is 9.38. The SMILES string of the molecule is Nc1ccc(C(=O)c2c(F)cc(Br)cc2F)cc1F. The van der Waals surface area contributed by atoms with E-state index >= 15 is 0 Å². The van der Waals surface area contributed by atoms with Crippen molar-refractivity contribution in [2.45, 2.75) is 0 Å². The largest absolute Gasteiger partial charge is 0.396 e. The minimum atomic E-state index is -1.02. The molecule has 0 atom stereocenters. The molecule has 0 saturated carbocycles. The zero-order valence-corrected chi connectivity index (χ0v) is 11.0. The van der Waals surface area contributed by atoms with Gasteiger partial charge in [-0.2, -0.15) is 0 Å². The molecule has 0 aromatic heterocycles. The van der Waals surface area contributed by atoms with Crippen LogP contribution in [0.3, 0.4) is 0 Å². The number of benzene rings is 2. The Bertz CT molecular complexity index is 650. The average Bonchev–Trinajstić information content (AvgIpc) is 2.31. The first-order valence-electron chi connectivity index (χ1n) is 5.14. The van der Waals surface area contributed by atoms with Crippen molar-refractivity contribution in [3.63, 3.8) is 0 Å². The van der Waals surface area contributed by atoms with Gasteiger partial charge in [-0.05, 0) is 30.3 Å². The normalized spacial score (nSPS) is 10.5. The van der Waals surface area contributed by atoms with E-state index in [1.807, 2.05) is 0 Å². The molecule has 0 bridgehead atoms. The summed E-state index contributed by atoms with van der Waals surface area (Å²) in [6.45, 7) is 0. The maximum absolute atomic E-state index is 13.6. The van der Waals surface area contributed by atoms with Crippen LogP contribution < -0.4 is 5.73 Å². The number of carbonyl (C=O) groups excluding carboxylic acids is 1.